The van der Waals surface area contributed by atoms with Gasteiger partial charge < -0.3 is 14.5 Å². The van der Waals surface area contributed by atoms with Crippen LogP contribution in [0.2, 0.25) is 0 Å². The van der Waals surface area contributed by atoms with E-state index in [2.05, 4.69) is 11.4 Å². The number of rotatable bonds is 5. The van der Waals surface area contributed by atoms with Gasteiger partial charge in [0.05, 0.1) is 6.07 Å². The highest BCUT2D eigenvalue weighted by Crippen LogP contribution is 2.20. The van der Waals surface area contributed by atoms with E-state index in [-0.39, 0.29) is 11.7 Å². The number of ether oxygens (including phenoxy) is 1. The zero-order valence-electron chi connectivity index (χ0n) is 14.1. The van der Waals surface area contributed by atoms with E-state index in [1.807, 2.05) is 26.0 Å². The van der Waals surface area contributed by atoms with Gasteiger partial charge in [-0.15, -0.1) is 0 Å². The van der Waals surface area contributed by atoms with Gasteiger partial charge in [0.15, 0.2) is 6.10 Å². The molecule has 126 valence electrons. The molecular weight excluding hydrogens is 308 g/mol. The molecule has 0 aliphatic carbocycles. The maximum Gasteiger partial charge on any atom is 0.375 e. The summed E-state index contributed by atoms with van der Waals surface area (Å²) in [4.78, 5) is 24.3. The van der Waals surface area contributed by atoms with Crippen molar-refractivity contribution in [3.05, 3.63) is 36.1 Å². The fourth-order valence-corrected chi connectivity index (χ4v) is 2.01. The molecule has 0 aliphatic heterocycles. The van der Waals surface area contributed by atoms with Crippen LogP contribution in [-0.4, -0.2) is 23.5 Å². The smallest absolute Gasteiger partial charge is 0.375 e. The molecule has 0 bridgehead atoms. The summed E-state index contributed by atoms with van der Waals surface area (Å²) in [6.07, 6.45) is -1.04. The van der Waals surface area contributed by atoms with Gasteiger partial charge in [0.2, 0.25) is 5.76 Å². The first kappa shape index (κ1) is 17.5. The third-order valence-corrected chi connectivity index (χ3v) is 4.05. The summed E-state index contributed by atoms with van der Waals surface area (Å²) in [6, 6.07) is 10.8. The van der Waals surface area contributed by atoms with Gasteiger partial charge in [-0.05, 0) is 31.9 Å². The van der Waals surface area contributed by atoms with E-state index in [0.29, 0.717) is 5.58 Å². The Hall–Kier alpha value is -2.81. The van der Waals surface area contributed by atoms with E-state index in [9.17, 15) is 14.9 Å². The highest BCUT2D eigenvalue weighted by atomic mass is 16.6. The number of nitrogens with one attached hydrogen (secondary N) is 1. The van der Waals surface area contributed by atoms with Crippen LogP contribution in [0.5, 0.6) is 0 Å². The van der Waals surface area contributed by atoms with Crippen molar-refractivity contribution < 1.29 is 18.7 Å². The summed E-state index contributed by atoms with van der Waals surface area (Å²) in [5, 5.41) is 12.6. The molecule has 0 saturated heterocycles. The first-order valence-electron chi connectivity index (χ1n) is 7.69. The number of esters is 1. The predicted octanol–water partition coefficient (Wildman–Crippen LogP) is 3.03. The number of carbonyl (C=O) groups is 2. The molecule has 1 heterocycles. The van der Waals surface area contributed by atoms with Crippen LogP contribution in [0.1, 0.15) is 38.2 Å². The number of nitrogens with zero attached hydrogens (tertiary/aromatic N) is 1. The zero-order chi connectivity index (χ0) is 17.9. The Bertz CT molecular complexity index is 770. The summed E-state index contributed by atoms with van der Waals surface area (Å²) in [5.41, 5.74) is -0.463. The maximum atomic E-state index is 12.2. The van der Waals surface area contributed by atoms with E-state index in [0.717, 1.165) is 5.39 Å². The summed E-state index contributed by atoms with van der Waals surface area (Å²) in [7, 11) is 0. The average Bonchev–Trinajstić information content (AvgIpc) is 2.98. The first-order chi connectivity index (χ1) is 11.3. The molecule has 0 radical (unpaired) electrons. The first-order valence-corrected chi connectivity index (χ1v) is 7.69. The summed E-state index contributed by atoms with van der Waals surface area (Å²) in [5.74, 6) is -1.32. The highest BCUT2D eigenvalue weighted by Gasteiger charge is 2.33. The van der Waals surface area contributed by atoms with Gasteiger partial charge in [-0.1, -0.05) is 32.0 Å². The van der Waals surface area contributed by atoms with Crippen molar-refractivity contribution in [1.29, 1.82) is 5.26 Å². The van der Waals surface area contributed by atoms with Crippen LogP contribution in [0, 0.1) is 17.2 Å². The number of amides is 1. The van der Waals surface area contributed by atoms with Gasteiger partial charge in [-0.3, -0.25) is 4.79 Å². The van der Waals surface area contributed by atoms with Crippen molar-refractivity contribution in [2.75, 3.05) is 0 Å². The molecule has 2 atom stereocenters. The Morgan fingerprint density at radius 2 is 1.96 bits per heavy atom. The third kappa shape index (κ3) is 3.57. The number of furan rings is 1. The molecule has 6 heteroatoms. The number of hydrogen-bond donors (Lipinski definition) is 1. The Morgan fingerprint density at radius 3 is 2.54 bits per heavy atom. The van der Waals surface area contributed by atoms with Crippen LogP contribution in [0.15, 0.2) is 34.7 Å². The maximum absolute atomic E-state index is 12.2. The molecule has 2 aromatic rings. The van der Waals surface area contributed by atoms with Crippen LogP contribution in [0.25, 0.3) is 11.0 Å². The number of benzene rings is 1. The van der Waals surface area contributed by atoms with Crippen LogP contribution in [0.4, 0.5) is 0 Å². The van der Waals surface area contributed by atoms with Crippen molar-refractivity contribution in [2.24, 2.45) is 5.92 Å². The van der Waals surface area contributed by atoms with Gasteiger partial charge in [-0.2, -0.15) is 5.26 Å². The molecule has 0 fully saturated rings. The van der Waals surface area contributed by atoms with E-state index in [1.54, 1.807) is 25.1 Å². The molecule has 0 aliphatic rings. The van der Waals surface area contributed by atoms with Gasteiger partial charge in [0, 0.05) is 5.39 Å². The second kappa shape index (κ2) is 6.75. The Kier molecular flexibility index (Phi) is 4.93. The lowest BCUT2D eigenvalue weighted by Gasteiger charge is -2.28. The van der Waals surface area contributed by atoms with Gasteiger partial charge in [0.1, 0.15) is 11.1 Å². The zero-order valence-corrected chi connectivity index (χ0v) is 14.1. The molecule has 2 rings (SSSR count). The second-order valence-corrected chi connectivity index (χ2v) is 6.15. The quantitative estimate of drug-likeness (QED) is 0.852. The molecule has 0 saturated carbocycles. The molecule has 1 aromatic carbocycles. The Balaban J connectivity index is 2.05. The number of hydrogen-bond acceptors (Lipinski definition) is 5. The fourth-order valence-electron chi connectivity index (χ4n) is 2.01. The lowest BCUT2D eigenvalue weighted by atomic mass is 9.90. The Labute approximate surface area is 140 Å². The topological polar surface area (TPSA) is 92.3 Å². The van der Waals surface area contributed by atoms with Crippen molar-refractivity contribution >= 4 is 22.8 Å². The molecule has 1 aromatic heterocycles. The number of carbonyl (C=O) groups excluding carboxylic acids is 2. The molecule has 1 amide bonds. The van der Waals surface area contributed by atoms with E-state index in [1.165, 1.54) is 6.92 Å². The van der Waals surface area contributed by atoms with Crippen LogP contribution in [0.3, 0.4) is 0 Å². The fraction of sp³-hybridized carbons (Fsp3) is 0.389. The van der Waals surface area contributed by atoms with Crippen LogP contribution in [-0.2, 0) is 9.53 Å². The minimum Gasteiger partial charge on any atom is -0.449 e. The van der Waals surface area contributed by atoms with Gasteiger partial charge in [-0.25, -0.2) is 4.79 Å². The number of fused-ring (bicyclic) bond motifs is 1. The van der Waals surface area contributed by atoms with Crippen molar-refractivity contribution in [2.45, 2.75) is 39.3 Å². The highest BCUT2D eigenvalue weighted by molar-refractivity contribution is 5.94. The monoisotopic (exact) mass is 328 g/mol. The van der Waals surface area contributed by atoms with E-state index >= 15 is 0 Å². The minimum atomic E-state index is -1.04. The molecule has 0 spiro atoms. The van der Waals surface area contributed by atoms with Crippen molar-refractivity contribution in [3.63, 3.8) is 0 Å². The molecule has 24 heavy (non-hydrogen) atoms. The van der Waals surface area contributed by atoms with Crippen molar-refractivity contribution in [1.82, 2.24) is 5.32 Å². The SMILES string of the molecule is CC(C)[C@](C)(C#N)NC(=O)[C@H](C)OC(=O)c1cc2ccccc2o1. The molecule has 6 nitrogen and oxygen atoms in total. The summed E-state index contributed by atoms with van der Waals surface area (Å²) in [6.45, 7) is 6.74. The summed E-state index contributed by atoms with van der Waals surface area (Å²) < 4.78 is 10.6. The number of para-hydroxylation sites is 1. The molecule has 0 unspecified atom stereocenters. The summed E-state index contributed by atoms with van der Waals surface area (Å²) >= 11 is 0. The Morgan fingerprint density at radius 1 is 1.29 bits per heavy atom. The molecular formula is C18H20N2O4. The average molecular weight is 328 g/mol. The van der Waals surface area contributed by atoms with E-state index in [4.69, 9.17) is 9.15 Å². The second-order valence-electron chi connectivity index (χ2n) is 6.15. The minimum absolute atomic E-state index is 0.0303. The van der Waals surface area contributed by atoms with Crippen LogP contribution >= 0.6 is 0 Å². The largest absolute Gasteiger partial charge is 0.449 e. The normalized spacial score (nSPS) is 14.7. The van der Waals surface area contributed by atoms with Crippen LogP contribution < -0.4 is 5.32 Å². The van der Waals surface area contributed by atoms with Gasteiger partial charge in [0.25, 0.3) is 5.91 Å². The lowest BCUT2D eigenvalue weighted by molar-refractivity contribution is -0.130. The lowest BCUT2D eigenvalue weighted by Crippen LogP contribution is -2.52. The molecule has 1 N–H and O–H groups in total. The third-order valence-electron chi connectivity index (χ3n) is 4.05. The van der Waals surface area contributed by atoms with Crippen molar-refractivity contribution in [3.8, 4) is 6.07 Å². The van der Waals surface area contributed by atoms with Gasteiger partial charge >= 0.3 is 5.97 Å². The predicted molar refractivity (Wildman–Crippen MR) is 88.1 cm³/mol. The van der Waals surface area contributed by atoms with E-state index < -0.39 is 23.5 Å². The standard InChI is InChI=1S/C18H20N2O4/c1-11(2)18(4,10-19)20-16(21)12(3)23-17(22)15-9-13-7-5-6-8-14(13)24-15/h5-9,11-12H,1-4H3,(H,20,21)/t12-,18-/m0/s1. The number of nitriles is 1.